The van der Waals surface area contributed by atoms with E-state index in [0.29, 0.717) is 0 Å². The van der Waals surface area contributed by atoms with Crippen LogP contribution in [0.2, 0.25) is 0 Å². The SMILES string of the molecule is F[B-](F)(F)COC[B-](F)(F)F.[K+].[K+]. The molecule has 0 bridgehead atoms. The zero-order chi connectivity index (χ0) is 9.12. The summed E-state index contributed by atoms with van der Waals surface area (Å²) in [5.41, 5.74) is 0. The normalized spacial score (nSPS) is 11.5. The molecule has 0 radical (unpaired) electrons. The summed E-state index contributed by atoms with van der Waals surface area (Å²) in [6, 6.07) is 0. The molecule has 68 valence electrons. The minimum Gasteiger partial charge on any atom is -0.447 e. The van der Waals surface area contributed by atoms with Gasteiger partial charge in [-0.2, -0.15) is 0 Å². The molecule has 0 aromatic heterocycles. The second-order valence-electron chi connectivity index (χ2n) is 1.96. The van der Waals surface area contributed by atoms with E-state index in [-0.39, 0.29) is 103 Å². The zero-order valence-electron chi connectivity index (χ0n) is 7.24. The van der Waals surface area contributed by atoms with Gasteiger partial charge in [0.05, 0.1) is 0 Å². The van der Waals surface area contributed by atoms with Gasteiger partial charge in [-0.3, -0.25) is 0 Å². The van der Waals surface area contributed by atoms with Crippen molar-refractivity contribution in [1.29, 1.82) is 0 Å². The van der Waals surface area contributed by atoms with Crippen LogP contribution in [0, 0.1) is 0 Å². The van der Waals surface area contributed by atoms with Crippen molar-refractivity contribution < 1.29 is 133 Å². The fourth-order valence-corrected chi connectivity index (χ4v) is 0.335. The molecule has 0 unspecified atom stereocenters. The van der Waals surface area contributed by atoms with Crippen molar-refractivity contribution in [2.75, 3.05) is 13.0 Å². The predicted molar refractivity (Wildman–Crippen MR) is 29.0 cm³/mol. The Morgan fingerprint density at radius 3 is 1.08 bits per heavy atom. The van der Waals surface area contributed by atoms with Crippen LogP contribution in [0.3, 0.4) is 0 Å². The van der Waals surface area contributed by atoms with Gasteiger partial charge in [0.25, 0.3) is 0 Å². The van der Waals surface area contributed by atoms with Crippen molar-refractivity contribution in [3.8, 4) is 0 Å². The molecule has 0 amide bonds. The quantitative estimate of drug-likeness (QED) is 0.367. The van der Waals surface area contributed by atoms with E-state index >= 15 is 0 Å². The van der Waals surface area contributed by atoms with E-state index in [2.05, 4.69) is 4.74 Å². The third-order valence-corrected chi connectivity index (χ3v) is 0.614. The van der Waals surface area contributed by atoms with Crippen molar-refractivity contribution >= 4 is 14.0 Å². The van der Waals surface area contributed by atoms with E-state index in [1.165, 1.54) is 0 Å². The van der Waals surface area contributed by atoms with Gasteiger partial charge in [-0.25, -0.2) is 0 Å². The van der Waals surface area contributed by atoms with Crippen LogP contribution >= 0.6 is 0 Å². The van der Waals surface area contributed by atoms with Crippen LogP contribution in [0.15, 0.2) is 0 Å². The molecule has 0 aromatic carbocycles. The Morgan fingerprint density at radius 2 is 0.923 bits per heavy atom. The Morgan fingerprint density at radius 1 is 0.692 bits per heavy atom. The van der Waals surface area contributed by atoms with Gasteiger partial charge in [-0.1, -0.05) is 0 Å². The predicted octanol–water partition coefficient (Wildman–Crippen LogP) is -4.22. The van der Waals surface area contributed by atoms with Gasteiger partial charge < -0.3 is 30.6 Å². The molecule has 0 atom stereocenters. The van der Waals surface area contributed by atoms with E-state index in [1.807, 2.05) is 0 Å². The summed E-state index contributed by atoms with van der Waals surface area (Å²) in [7, 11) is 0. The molecule has 0 rings (SSSR count). The number of hydrogen-bond acceptors (Lipinski definition) is 1. The summed E-state index contributed by atoms with van der Waals surface area (Å²) in [6.07, 6.45) is 0. The average molecular weight is 258 g/mol. The summed E-state index contributed by atoms with van der Waals surface area (Å²) in [5.74, 6) is 0. The molecule has 0 aliphatic carbocycles. The second-order valence-corrected chi connectivity index (χ2v) is 1.96. The number of ether oxygens (including phenoxy) is 1. The first-order valence-electron chi connectivity index (χ1n) is 2.70. The monoisotopic (exact) mass is 258 g/mol. The van der Waals surface area contributed by atoms with Gasteiger partial charge in [0.15, 0.2) is 0 Å². The first-order chi connectivity index (χ1) is 4.71. The van der Waals surface area contributed by atoms with Gasteiger partial charge in [-0.15, -0.1) is 0 Å². The standard InChI is InChI=1S/C2H4B2F6O.2K/c5-3(6,7)1-11-2-4(8,9)10;;/h1-2H2;;/q-2;2*+1. The summed E-state index contributed by atoms with van der Waals surface area (Å²) >= 11 is 0. The Bertz CT molecular complexity index is 111. The summed E-state index contributed by atoms with van der Waals surface area (Å²) < 4.78 is 70.6. The number of rotatable bonds is 4. The fraction of sp³-hybridized carbons (Fsp3) is 1.00. The third-order valence-electron chi connectivity index (χ3n) is 0.614. The molecule has 13 heavy (non-hydrogen) atoms. The molecular formula is C2H4B2F6K2O. The maximum atomic E-state index is 11.2. The van der Waals surface area contributed by atoms with Crippen LogP contribution in [0.1, 0.15) is 0 Å². The summed E-state index contributed by atoms with van der Waals surface area (Å²) in [4.78, 5) is 0. The smallest absolute Gasteiger partial charge is 0.447 e. The topological polar surface area (TPSA) is 9.23 Å². The maximum absolute atomic E-state index is 11.2. The molecular weight excluding hydrogens is 254 g/mol. The molecule has 0 saturated carbocycles. The Kier molecular flexibility index (Phi) is 14.7. The van der Waals surface area contributed by atoms with Crippen molar-refractivity contribution in [3.63, 3.8) is 0 Å². The van der Waals surface area contributed by atoms with E-state index in [0.717, 1.165) is 0 Å². The van der Waals surface area contributed by atoms with E-state index in [9.17, 15) is 25.9 Å². The molecule has 0 spiro atoms. The second kappa shape index (κ2) is 9.02. The fourth-order valence-electron chi connectivity index (χ4n) is 0.335. The van der Waals surface area contributed by atoms with E-state index < -0.39 is 27.0 Å². The van der Waals surface area contributed by atoms with Gasteiger partial charge in [0.2, 0.25) is 0 Å². The molecule has 11 heteroatoms. The van der Waals surface area contributed by atoms with Crippen LogP contribution in [0.25, 0.3) is 0 Å². The minimum absolute atomic E-state index is 0. The third kappa shape index (κ3) is 20.9. The summed E-state index contributed by atoms with van der Waals surface area (Å²) in [6.45, 7) is -14.1. The van der Waals surface area contributed by atoms with Crippen molar-refractivity contribution in [3.05, 3.63) is 0 Å². The first kappa shape index (κ1) is 21.3. The van der Waals surface area contributed by atoms with Crippen LogP contribution in [0.5, 0.6) is 0 Å². The van der Waals surface area contributed by atoms with E-state index in [4.69, 9.17) is 0 Å². The zero-order valence-corrected chi connectivity index (χ0v) is 13.5. The van der Waals surface area contributed by atoms with Crippen LogP contribution in [-0.4, -0.2) is 27.0 Å². The molecule has 0 fully saturated rings. The van der Waals surface area contributed by atoms with E-state index in [1.54, 1.807) is 0 Å². The number of hydrogen-bond donors (Lipinski definition) is 0. The van der Waals surface area contributed by atoms with Gasteiger partial charge in [0.1, 0.15) is 0 Å². The Hall–Kier alpha value is 2.94. The van der Waals surface area contributed by atoms with Gasteiger partial charge in [-0.05, 0) is 0 Å². The molecule has 0 aromatic rings. The molecule has 1 nitrogen and oxygen atoms in total. The molecule has 0 aliphatic rings. The number of halogens is 6. The molecule has 0 N–H and O–H groups in total. The van der Waals surface area contributed by atoms with Gasteiger partial charge in [0, 0.05) is 13.0 Å². The van der Waals surface area contributed by atoms with Crippen molar-refractivity contribution in [1.82, 2.24) is 0 Å². The maximum Gasteiger partial charge on any atom is 1.00 e. The largest absolute Gasteiger partial charge is 1.00 e. The average Bonchev–Trinajstić information content (AvgIpc) is 1.55. The first-order valence-corrected chi connectivity index (χ1v) is 2.70. The minimum atomic E-state index is -5.27. The van der Waals surface area contributed by atoms with Crippen LogP contribution in [-0.2, 0) is 4.74 Å². The van der Waals surface area contributed by atoms with Crippen LogP contribution < -0.4 is 103 Å². The Labute approximate surface area is 157 Å². The van der Waals surface area contributed by atoms with Gasteiger partial charge >= 0.3 is 117 Å². The molecule has 0 aliphatic heterocycles. The van der Waals surface area contributed by atoms with Crippen LogP contribution in [0.4, 0.5) is 25.9 Å². The van der Waals surface area contributed by atoms with Crippen molar-refractivity contribution in [2.45, 2.75) is 0 Å². The van der Waals surface area contributed by atoms with Crippen molar-refractivity contribution in [2.24, 2.45) is 0 Å². The molecule has 0 saturated heterocycles. The Balaban J connectivity index is -0.000000500. The summed E-state index contributed by atoms with van der Waals surface area (Å²) in [5, 5.41) is 0. The molecule has 0 heterocycles.